The van der Waals surface area contributed by atoms with Crippen LogP contribution in [0.5, 0.6) is 0 Å². The van der Waals surface area contributed by atoms with Gasteiger partial charge in [-0.25, -0.2) is 9.78 Å². The van der Waals surface area contributed by atoms with Crippen LogP contribution in [0.4, 0.5) is 10.5 Å². The van der Waals surface area contributed by atoms with Crippen molar-refractivity contribution < 1.29 is 19.1 Å². The number of likely N-dealkylation sites (N-methyl/N-ethyl adjacent to an activating group) is 1. The number of pyridine rings is 1. The van der Waals surface area contributed by atoms with Crippen molar-refractivity contribution in [1.82, 2.24) is 24.8 Å². The Kier molecular flexibility index (Phi) is 10.2. The molecule has 3 N–H and O–H groups in total. The molecule has 0 aliphatic carbocycles. The van der Waals surface area contributed by atoms with Crippen molar-refractivity contribution >= 4 is 34.6 Å². The average Bonchev–Trinajstić information content (AvgIpc) is 3.34. The van der Waals surface area contributed by atoms with Gasteiger partial charge in [-0.15, -0.1) is 0 Å². The number of imidazole rings is 1. The number of carbonyl (C=O) groups is 3. The number of hydrogen-bond donors (Lipinski definition) is 3. The molecular weight excluding hydrogens is 512 g/mol. The summed E-state index contributed by atoms with van der Waals surface area (Å²) in [5, 5.41) is 5.11. The largest absolute Gasteiger partial charge is 0.453 e. The highest BCUT2D eigenvalue weighted by molar-refractivity contribution is 5.96. The molecule has 3 aromatic rings. The number of carbonyl (C=O) groups excluding carboxylic acids is 3. The monoisotopic (exact) mass is 550 g/mol. The average molecular weight is 551 g/mol. The zero-order valence-electron chi connectivity index (χ0n) is 23.9. The maximum Gasteiger partial charge on any atom is 0.407 e. The first-order valence-electron chi connectivity index (χ1n) is 13.2. The van der Waals surface area contributed by atoms with E-state index < -0.39 is 23.6 Å². The van der Waals surface area contributed by atoms with Crippen LogP contribution in [0.15, 0.2) is 53.5 Å². The highest BCUT2D eigenvalue weighted by Crippen LogP contribution is 2.29. The van der Waals surface area contributed by atoms with Crippen molar-refractivity contribution in [1.29, 1.82) is 0 Å². The number of ether oxygens (including phenoxy) is 1. The minimum absolute atomic E-state index is 0.0627. The lowest BCUT2D eigenvalue weighted by atomic mass is 9.89. The third-order valence-corrected chi connectivity index (χ3v) is 6.80. The number of methoxy groups -OCH3 is 1. The second-order valence-electron chi connectivity index (χ2n) is 10.2. The first-order valence-corrected chi connectivity index (χ1v) is 13.2. The van der Waals surface area contributed by atoms with Gasteiger partial charge in [0.25, 0.3) is 5.56 Å². The summed E-state index contributed by atoms with van der Waals surface area (Å²) in [6.07, 6.45) is 4.39. The van der Waals surface area contributed by atoms with Crippen LogP contribution < -0.4 is 16.2 Å². The number of allylic oxidation sites excluding steroid dienone is 1. The molecule has 2 atom stereocenters. The van der Waals surface area contributed by atoms with Crippen LogP contribution in [0.3, 0.4) is 0 Å². The normalized spacial score (nSPS) is 12.9. The predicted octanol–water partition coefficient (Wildman–Crippen LogP) is 3.62. The summed E-state index contributed by atoms with van der Waals surface area (Å²) in [5.74, 6) is 0.609. The highest BCUT2D eigenvalue weighted by Gasteiger charge is 2.22. The Balaban J connectivity index is 1.77. The van der Waals surface area contributed by atoms with E-state index in [0.717, 1.165) is 16.6 Å². The molecule has 0 radical (unpaired) electrons. The maximum absolute atomic E-state index is 13.2. The van der Waals surface area contributed by atoms with Crippen molar-refractivity contribution in [2.24, 2.45) is 5.92 Å². The Morgan fingerprint density at radius 2 is 1.90 bits per heavy atom. The van der Waals surface area contributed by atoms with E-state index in [-0.39, 0.29) is 24.6 Å². The lowest BCUT2D eigenvalue weighted by molar-refractivity contribution is -0.123. The number of nitrogens with one attached hydrogen (secondary N) is 3. The first-order chi connectivity index (χ1) is 19.0. The summed E-state index contributed by atoms with van der Waals surface area (Å²) in [7, 11) is 4.46. The van der Waals surface area contributed by atoms with Gasteiger partial charge in [-0.3, -0.25) is 14.4 Å². The number of anilines is 1. The second kappa shape index (κ2) is 13.6. The molecule has 0 aliphatic rings. The van der Waals surface area contributed by atoms with Crippen molar-refractivity contribution in [3.05, 3.63) is 70.4 Å². The topological polar surface area (TPSA) is 138 Å². The Labute approximate surface area is 233 Å². The van der Waals surface area contributed by atoms with Gasteiger partial charge in [0.1, 0.15) is 17.6 Å². The third kappa shape index (κ3) is 7.58. The lowest BCUT2D eigenvalue weighted by Crippen LogP contribution is -2.44. The van der Waals surface area contributed by atoms with Crippen molar-refractivity contribution in [3.63, 3.8) is 0 Å². The summed E-state index contributed by atoms with van der Waals surface area (Å²) in [6, 6.07) is 8.20. The SMILES string of the molecule is COC(=O)N[C@@H](CC/C=C/C(=O)N(C)C)C(=O)Nc1cccn(Cc2nc3c(C(C)C(C)C)cccc3[nH]2)c1=O. The van der Waals surface area contributed by atoms with E-state index in [1.807, 2.05) is 12.1 Å². The van der Waals surface area contributed by atoms with E-state index in [2.05, 4.69) is 47.2 Å². The lowest BCUT2D eigenvalue weighted by Gasteiger charge is -2.17. The van der Waals surface area contributed by atoms with Gasteiger partial charge in [-0.2, -0.15) is 0 Å². The number of aromatic amines is 1. The molecule has 2 heterocycles. The van der Waals surface area contributed by atoms with Crippen LogP contribution >= 0.6 is 0 Å². The van der Waals surface area contributed by atoms with Gasteiger partial charge in [-0.1, -0.05) is 39.0 Å². The Morgan fingerprint density at radius 3 is 2.58 bits per heavy atom. The zero-order valence-corrected chi connectivity index (χ0v) is 23.9. The Morgan fingerprint density at radius 1 is 1.15 bits per heavy atom. The van der Waals surface area contributed by atoms with Crippen molar-refractivity contribution in [3.8, 4) is 0 Å². The molecule has 40 heavy (non-hydrogen) atoms. The molecule has 1 unspecified atom stereocenters. The van der Waals surface area contributed by atoms with Crippen LogP contribution in [0.2, 0.25) is 0 Å². The van der Waals surface area contributed by atoms with Crippen LogP contribution in [-0.4, -0.2) is 64.6 Å². The van der Waals surface area contributed by atoms with Crippen LogP contribution in [0, 0.1) is 5.92 Å². The predicted molar refractivity (Wildman–Crippen MR) is 154 cm³/mol. The number of H-pyrrole nitrogens is 1. The molecule has 0 spiro atoms. The van der Waals surface area contributed by atoms with Gasteiger partial charge in [0.15, 0.2) is 0 Å². The minimum Gasteiger partial charge on any atom is -0.453 e. The van der Waals surface area contributed by atoms with Gasteiger partial charge >= 0.3 is 6.09 Å². The number of para-hydroxylation sites is 1. The van der Waals surface area contributed by atoms with Crippen LogP contribution in [0.25, 0.3) is 11.0 Å². The summed E-state index contributed by atoms with van der Waals surface area (Å²) in [5.41, 5.74) is 2.58. The molecule has 2 aromatic heterocycles. The molecule has 0 bridgehead atoms. The van der Waals surface area contributed by atoms with Gasteiger partial charge in [0.05, 0.1) is 24.7 Å². The fourth-order valence-corrected chi connectivity index (χ4v) is 4.11. The van der Waals surface area contributed by atoms with Gasteiger partial charge in [0.2, 0.25) is 11.8 Å². The van der Waals surface area contributed by atoms with E-state index in [9.17, 15) is 19.2 Å². The second-order valence-corrected chi connectivity index (χ2v) is 10.2. The van der Waals surface area contributed by atoms with Gasteiger partial charge in [-0.05, 0) is 54.5 Å². The van der Waals surface area contributed by atoms with Crippen molar-refractivity contribution in [2.45, 2.75) is 52.1 Å². The van der Waals surface area contributed by atoms with Crippen LogP contribution in [0.1, 0.15) is 50.9 Å². The minimum atomic E-state index is -0.989. The molecule has 3 amide bonds. The van der Waals surface area contributed by atoms with E-state index in [1.54, 1.807) is 32.4 Å². The van der Waals surface area contributed by atoms with E-state index in [1.165, 1.54) is 28.7 Å². The standard InChI is InChI=1S/C29H38N6O5/c1-18(2)19(3)20-11-9-13-21-26(20)33-24(30-21)17-35-16-10-14-23(28(35)38)31-27(37)22(32-29(39)40-6)12-7-8-15-25(36)34(4)5/h8-11,13-16,18-19,22H,7,12,17H2,1-6H3,(H,30,33)(H,31,37)(H,32,39)/b15-8+/t19?,22-/m0/s1. The maximum atomic E-state index is 13.2. The van der Waals surface area contributed by atoms with Gasteiger partial charge < -0.3 is 29.8 Å². The summed E-state index contributed by atoms with van der Waals surface area (Å²) < 4.78 is 6.10. The smallest absolute Gasteiger partial charge is 0.407 e. The highest BCUT2D eigenvalue weighted by atomic mass is 16.5. The number of hydrogen-bond acceptors (Lipinski definition) is 6. The van der Waals surface area contributed by atoms with Gasteiger partial charge in [0, 0.05) is 20.3 Å². The Hall–Kier alpha value is -4.41. The number of amides is 3. The number of aromatic nitrogens is 3. The van der Waals surface area contributed by atoms with E-state index >= 15 is 0 Å². The van der Waals surface area contributed by atoms with E-state index in [0.29, 0.717) is 24.1 Å². The summed E-state index contributed by atoms with van der Waals surface area (Å²) in [4.78, 5) is 59.4. The molecule has 0 saturated carbocycles. The molecule has 214 valence electrons. The number of alkyl carbamates (subject to hydrolysis) is 1. The van der Waals surface area contributed by atoms with Crippen molar-refractivity contribution in [2.75, 3.05) is 26.5 Å². The number of nitrogens with zero attached hydrogens (tertiary/aromatic N) is 3. The fraction of sp³-hybridized carbons (Fsp3) is 0.414. The third-order valence-electron chi connectivity index (χ3n) is 6.80. The molecule has 0 saturated heterocycles. The number of benzene rings is 1. The quantitative estimate of drug-likeness (QED) is 0.312. The first kappa shape index (κ1) is 30.1. The van der Waals surface area contributed by atoms with E-state index in [4.69, 9.17) is 4.98 Å². The number of fused-ring (bicyclic) bond motifs is 1. The molecule has 1 aromatic carbocycles. The molecule has 3 rings (SSSR count). The molecular formula is C29H38N6O5. The van der Waals surface area contributed by atoms with Crippen LogP contribution in [-0.2, 0) is 20.9 Å². The Bertz CT molecular complexity index is 1440. The zero-order chi connectivity index (χ0) is 29.4. The molecule has 11 heteroatoms. The summed E-state index contributed by atoms with van der Waals surface area (Å²) in [6.45, 7) is 6.70. The molecule has 11 nitrogen and oxygen atoms in total. The molecule has 0 fully saturated rings. The fourth-order valence-electron chi connectivity index (χ4n) is 4.11. The molecule has 0 aliphatic heterocycles. The number of rotatable bonds is 11. The summed E-state index contributed by atoms with van der Waals surface area (Å²) >= 11 is 0.